The number of benzene rings is 3. The van der Waals surface area contributed by atoms with Crippen molar-refractivity contribution in [3.05, 3.63) is 88.7 Å². The van der Waals surface area contributed by atoms with Gasteiger partial charge in [0.1, 0.15) is 23.1 Å². The highest BCUT2D eigenvalue weighted by Gasteiger charge is 2.17. The molecule has 0 amide bonds. The maximum absolute atomic E-state index is 14.8. The SMILES string of the molecule is N=CS/C(N)=N\Sc1cc(Cl)c(Oc2cc(Cl)c(-c3ccc(F)cc3)cc2-c2ccnnc2)cc1F. The number of rotatable bonds is 7. The first-order chi connectivity index (χ1) is 17.4. The third-order valence-electron chi connectivity index (χ3n) is 4.74. The molecule has 182 valence electrons. The Bertz CT molecular complexity index is 1440. The Morgan fingerprint density at radius 2 is 1.72 bits per heavy atom. The lowest BCUT2D eigenvalue weighted by molar-refractivity contribution is 0.476. The van der Waals surface area contributed by atoms with Gasteiger partial charge in [-0.2, -0.15) is 14.6 Å². The molecule has 6 nitrogen and oxygen atoms in total. The van der Waals surface area contributed by atoms with E-state index in [1.807, 2.05) is 0 Å². The fraction of sp³-hybridized carbons (Fsp3) is 0. The summed E-state index contributed by atoms with van der Waals surface area (Å²) in [6.45, 7) is 0. The Labute approximate surface area is 223 Å². The molecule has 4 aromatic rings. The molecule has 0 aliphatic rings. The number of hydrogen-bond acceptors (Lipinski definition) is 7. The largest absolute Gasteiger partial charge is 0.455 e. The van der Waals surface area contributed by atoms with Gasteiger partial charge >= 0.3 is 0 Å². The number of halogens is 4. The number of ether oxygens (including phenoxy) is 1. The van der Waals surface area contributed by atoms with Gasteiger partial charge < -0.3 is 15.9 Å². The third-order valence-corrected chi connectivity index (χ3v) is 6.71. The van der Waals surface area contributed by atoms with E-state index in [4.69, 9.17) is 39.1 Å². The van der Waals surface area contributed by atoms with Crippen LogP contribution in [-0.4, -0.2) is 20.9 Å². The summed E-state index contributed by atoms with van der Waals surface area (Å²) in [4.78, 5) is 0.129. The lowest BCUT2D eigenvalue weighted by atomic mass is 9.99. The van der Waals surface area contributed by atoms with Crippen molar-refractivity contribution in [2.45, 2.75) is 4.90 Å². The summed E-state index contributed by atoms with van der Waals surface area (Å²) in [5, 5.41) is 15.3. The molecular weight excluding hydrogens is 547 g/mol. The minimum absolute atomic E-state index is 0.0539. The van der Waals surface area contributed by atoms with Crippen molar-refractivity contribution in [2.24, 2.45) is 10.1 Å². The highest BCUT2D eigenvalue weighted by Crippen LogP contribution is 2.43. The van der Waals surface area contributed by atoms with E-state index < -0.39 is 5.82 Å². The Kier molecular flexibility index (Phi) is 8.42. The molecule has 12 heteroatoms. The number of hydrogen-bond donors (Lipinski definition) is 2. The van der Waals surface area contributed by atoms with Crippen LogP contribution in [0.4, 0.5) is 8.78 Å². The Hall–Kier alpha value is -3.18. The number of nitrogens with one attached hydrogen (secondary N) is 1. The van der Waals surface area contributed by atoms with Crippen molar-refractivity contribution in [1.29, 1.82) is 5.41 Å². The zero-order valence-electron chi connectivity index (χ0n) is 18.1. The van der Waals surface area contributed by atoms with Crippen LogP contribution < -0.4 is 10.5 Å². The smallest absolute Gasteiger partial charge is 0.172 e. The highest BCUT2D eigenvalue weighted by atomic mass is 35.5. The van der Waals surface area contributed by atoms with Crippen molar-refractivity contribution >= 4 is 57.6 Å². The first kappa shape index (κ1) is 25.9. The molecular formula is C24H15Cl2F2N5OS2. The standard InChI is InChI=1S/C24H15Cl2F2N5OS2/c25-18-8-21(34-22-10-20(28)23(9-19(22)26)36-33-24(30)35-12-29)17(14-5-6-31-32-11-14)7-16(18)13-1-3-15(27)4-2-13/h1-12,29H,(H2,30,33). The topological polar surface area (TPSA) is 97.2 Å². The van der Waals surface area contributed by atoms with Gasteiger partial charge in [0.05, 0.1) is 32.9 Å². The Morgan fingerprint density at radius 1 is 0.944 bits per heavy atom. The number of amidine groups is 1. The number of nitrogens with zero attached hydrogens (tertiary/aromatic N) is 3. The summed E-state index contributed by atoms with van der Waals surface area (Å²) in [5.74, 6) is -0.645. The molecule has 1 heterocycles. The van der Waals surface area contributed by atoms with E-state index in [0.717, 1.165) is 35.3 Å². The van der Waals surface area contributed by atoms with Crippen LogP contribution in [0.3, 0.4) is 0 Å². The first-order valence-corrected chi connectivity index (χ1v) is 12.5. The van der Waals surface area contributed by atoms with Crippen molar-refractivity contribution in [3.63, 3.8) is 0 Å². The maximum Gasteiger partial charge on any atom is 0.172 e. The Morgan fingerprint density at radius 3 is 2.42 bits per heavy atom. The lowest BCUT2D eigenvalue weighted by Gasteiger charge is -2.16. The van der Waals surface area contributed by atoms with E-state index >= 15 is 0 Å². The molecule has 0 bridgehead atoms. The van der Waals surface area contributed by atoms with Gasteiger partial charge in [0.2, 0.25) is 0 Å². The molecule has 3 N–H and O–H groups in total. The summed E-state index contributed by atoms with van der Waals surface area (Å²) >= 11 is 14.6. The normalized spacial score (nSPS) is 11.4. The molecule has 1 aromatic heterocycles. The summed E-state index contributed by atoms with van der Waals surface area (Å²) in [7, 11) is 0. The molecule has 0 radical (unpaired) electrons. The van der Waals surface area contributed by atoms with Gasteiger partial charge in [-0.25, -0.2) is 8.78 Å². The molecule has 36 heavy (non-hydrogen) atoms. The van der Waals surface area contributed by atoms with Gasteiger partial charge in [-0.05, 0) is 47.7 Å². The predicted molar refractivity (Wildman–Crippen MR) is 143 cm³/mol. The third kappa shape index (κ3) is 6.14. The maximum atomic E-state index is 14.8. The lowest BCUT2D eigenvalue weighted by Crippen LogP contribution is -2.04. The second-order valence-electron chi connectivity index (χ2n) is 7.04. The highest BCUT2D eigenvalue weighted by molar-refractivity contribution is 8.25. The number of nitrogens with two attached hydrogens (primary N) is 1. The van der Waals surface area contributed by atoms with Gasteiger partial charge in [0, 0.05) is 40.8 Å². The fourth-order valence-corrected chi connectivity index (χ4v) is 4.56. The van der Waals surface area contributed by atoms with Gasteiger partial charge in [-0.15, -0.1) is 0 Å². The van der Waals surface area contributed by atoms with E-state index in [0.29, 0.717) is 33.0 Å². The first-order valence-electron chi connectivity index (χ1n) is 10.0. The zero-order chi connectivity index (χ0) is 25.7. The fourth-order valence-electron chi connectivity index (χ4n) is 3.12. The van der Waals surface area contributed by atoms with Crippen LogP contribution in [0, 0.1) is 17.0 Å². The zero-order valence-corrected chi connectivity index (χ0v) is 21.2. The molecule has 0 saturated heterocycles. The van der Waals surface area contributed by atoms with Crippen LogP contribution in [0.2, 0.25) is 10.0 Å². The summed E-state index contributed by atoms with van der Waals surface area (Å²) in [5.41, 5.74) is 9.22. The van der Waals surface area contributed by atoms with Crippen LogP contribution in [-0.2, 0) is 0 Å². The van der Waals surface area contributed by atoms with Crippen LogP contribution in [0.1, 0.15) is 0 Å². The molecule has 0 atom stereocenters. The second kappa shape index (κ2) is 11.7. The monoisotopic (exact) mass is 561 g/mol. The predicted octanol–water partition coefficient (Wildman–Crippen LogP) is 7.85. The average Bonchev–Trinajstić information content (AvgIpc) is 2.87. The van der Waals surface area contributed by atoms with E-state index in [1.165, 1.54) is 24.4 Å². The van der Waals surface area contributed by atoms with Gasteiger partial charge in [-0.1, -0.05) is 35.3 Å². The number of aromatic nitrogens is 2. The molecule has 0 fully saturated rings. The molecule has 0 saturated carbocycles. The van der Waals surface area contributed by atoms with E-state index in [1.54, 1.807) is 36.5 Å². The molecule has 0 aliphatic heterocycles. The van der Waals surface area contributed by atoms with Crippen molar-refractivity contribution < 1.29 is 13.5 Å². The minimum atomic E-state index is -0.628. The molecule has 0 spiro atoms. The van der Waals surface area contributed by atoms with Crippen molar-refractivity contribution in [2.75, 3.05) is 0 Å². The van der Waals surface area contributed by atoms with Gasteiger partial charge in [0.25, 0.3) is 0 Å². The molecule has 4 rings (SSSR count). The van der Waals surface area contributed by atoms with Crippen LogP contribution in [0.25, 0.3) is 22.3 Å². The van der Waals surface area contributed by atoms with Gasteiger partial charge in [0.15, 0.2) is 5.17 Å². The van der Waals surface area contributed by atoms with Crippen molar-refractivity contribution in [1.82, 2.24) is 10.2 Å². The molecule has 0 aliphatic carbocycles. The average molecular weight is 562 g/mol. The minimum Gasteiger partial charge on any atom is -0.455 e. The van der Waals surface area contributed by atoms with E-state index in [-0.39, 0.29) is 26.7 Å². The van der Waals surface area contributed by atoms with Crippen molar-refractivity contribution in [3.8, 4) is 33.8 Å². The summed E-state index contributed by atoms with van der Waals surface area (Å²) in [6, 6.07) is 13.5. The van der Waals surface area contributed by atoms with Gasteiger partial charge in [-0.3, -0.25) is 0 Å². The van der Waals surface area contributed by atoms with E-state index in [2.05, 4.69) is 14.6 Å². The summed E-state index contributed by atoms with van der Waals surface area (Å²) in [6.07, 6.45) is 3.06. The van der Waals surface area contributed by atoms with E-state index in [9.17, 15) is 8.78 Å². The van der Waals surface area contributed by atoms with Crippen LogP contribution in [0.15, 0.2) is 76.3 Å². The molecule has 3 aromatic carbocycles. The number of thioether (sulfide) groups is 1. The van der Waals surface area contributed by atoms with Crippen LogP contribution >= 0.6 is 46.9 Å². The summed E-state index contributed by atoms with van der Waals surface area (Å²) < 4.78 is 38.2. The molecule has 0 unspecified atom stereocenters. The second-order valence-corrected chi connectivity index (χ2v) is 9.55. The Balaban J connectivity index is 1.74. The quantitative estimate of drug-likeness (QED) is 0.135. The van der Waals surface area contributed by atoms with Crippen LogP contribution in [0.5, 0.6) is 11.5 Å².